The molecule has 0 aromatic carbocycles. The van der Waals surface area contributed by atoms with E-state index in [0.717, 1.165) is 44.1 Å². The number of hydrogen-bond donors (Lipinski definition) is 2. The van der Waals surface area contributed by atoms with Gasteiger partial charge in [-0.15, -0.1) is 0 Å². The fourth-order valence-electron chi connectivity index (χ4n) is 2.11. The van der Waals surface area contributed by atoms with Gasteiger partial charge in [-0.05, 0) is 32.5 Å². The third-order valence-electron chi connectivity index (χ3n) is 3.10. The molecule has 1 aromatic heterocycles. The highest BCUT2D eigenvalue weighted by atomic mass is 16.2. The van der Waals surface area contributed by atoms with Crippen LogP contribution in [0.1, 0.15) is 17.9 Å². The van der Waals surface area contributed by atoms with E-state index in [1.165, 1.54) is 0 Å². The van der Waals surface area contributed by atoms with Crippen molar-refractivity contribution in [1.29, 1.82) is 0 Å². The minimum atomic E-state index is 0.0539. The molecule has 1 fully saturated rings. The van der Waals surface area contributed by atoms with Gasteiger partial charge in [-0.25, -0.2) is 9.97 Å². The Bertz CT molecular complexity index is 415. The van der Waals surface area contributed by atoms with Gasteiger partial charge in [-0.2, -0.15) is 0 Å². The molecule has 0 radical (unpaired) electrons. The van der Waals surface area contributed by atoms with E-state index < -0.39 is 0 Å². The van der Waals surface area contributed by atoms with Crippen molar-refractivity contribution in [1.82, 2.24) is 25.5 Å². The zero-order valence-corrected chi connectivity index (χ0v) is 11.4. The van der Waals surface area contributed by atoms with Crippen molar-refractivity contribution >= 4 is 5.91 Å². The summed E-state index contributed by atoms with van der Waals surface area (Å²) in [7, 11) is 0. The summed E-state index contributed by atoms with van der Waals surface area (Å²) in [5.74, 6) is 0.781. The molecule has 0 unspecified atom stereocenters. The molecule has 104 valence electrons. The summed E-state index contributed by atoms with van der Waals surface area (Å²) >= 11 is 0. The molecule has 2 heterocycles. The highest BCUT2D eigenvalue weighted by molar-refractivity contribution is 5.77. The van der Waals surface area contributed by atoms with Gasteiger partial charge in [0.05, 0.1) is 18.8 Å². The first-order valence-electron chi connectivity index (χ1n) is 6.72. The second-order valence-electron chi connectivity index (χ2n) is 4.75. The van der Waals surface area contributed by atoms with E-state index in [1.807, 2.05) is 13.0 Å². The highest BCUT2D eigenvalue weighted by Crippen LogP contribution is 1.96. The maximum atomic E-state index is 11.9. The first-order chi connectivity index (χ1) is 9.24. The molecule has 0 atom stereocenters. The second kappa shape index (κ2) is 7.16. The Morgan fingerprint density at radius 1 is 1.47 bits per heavy atom. The van der Waals surface area contributed by atoms with Gasteiger partial charge in [0.15, 0.2) is 0 Å². The van der Waals surface area contributed by atoms with Crippen LogP contribution in [0, 0.1) is 6.92 Å². The average Bonchev–Trinajstić information content (AvgIpc) is 2.65. The van der Waals surface area contributed by atoms with Crippen molar-refractivity contribution < 1.29 is 4.79 Å². The Morgan fingerprint density at radius 3 is 3.21 bits per heavy atom. The van der Waals surface area contributed by atoms with Crippen LogP contribution in [0.2, 0.25) is 0 Å². The van der Waals surface area contributed by atoms with Crippen LogP contribution in [0.25, 0.3) is 0 Å². The van der Waals surface area contributed by atoms with E-state index in [-0.39, 0.29) is 5.91 Å². The Hall–Kier alpha value is -1.53. The molecular formula is C13H21N5O. The molecule has 19 heavy (non-hydrogen) atoms. The van der Waals surface area contributed by atoms with Crippen molar-refractivity contribution in [3.05, 3.63) is 23.8 Å². The summed E-state index contributed by atoms with van der Waals surface area (Å²) in [6, 6.07) is 1.82. The third-order valence-corrected chi connectivity index (χ3v) is 3.10. The predicted molar refractivity (Wildman–Crippen MR) is 72.5 cm³/mol. The van der Waals surface area contributed by atoms with Crippen molar-refractivity contribution in [3.63, 3.8) is 0 Å². The molecule has 0 aliphatic carbocycles. The molecule has 2 rings (SSSR count). The van der Waals surface area contributed by atoms with Crippen molar-refractivity contribution in [2.75, 3.05) is 32.7 Å². The Balaban J connectivity index is 1.74. The van der Waals surface area contributed by atoms with Crippen LogP contribution in [-0.4, -0.2) is 53.5 Å². The summed E-state index contributed by atoms with van der Waals surface area (Å²) in [6.07, 6.45) is 2.81. The van der Waals surface area contributed by atoms with Gasteiger partial charge in [-0.3, -0.25) is 9.69 Å². The zero-order valence-electron chi connectivity index (χ0n) is 11.4. The van der Waals surface area contributed by atoms with Crippen LogP contribution in [0.4, 0.5) is 0 Å². The maximum Gasteiger partial charge on any atom is 0.234 e. The van der Waals surface area contributed by atoms with E-state index in [4.69, 9.17) is 0 Å². The number of carbonyl (C=O) groups excluding carboxylic acids is 1. The third kappa shape index (κ3) is 4.92. The lowest BCUT2D eigenvalue weighted by atomic mass is 10.3. The Labute approximate surface area is 113 Å². The number of nitrogens with zero attached hydrogens (tertiary/aromatic N) is 3. The normalized spacial score (nSPS) is 16.9. The number of hydrogen-bond acceptors (Lipinski definition) is 5. The first kappa shape index (κ1) is 13.9. The van der Waals surface area contributed by atoms with E-state index in [0.29, 0.717) is 13.1 Å². The standard InChI is InChI=1S/C13H21N5O/c1-11-15-5-3-12(17-11)9-16-13(19)10-18-7-2-4-14-6-8-18/h3,5,14H,2,4,6-10H2,1H3,(H,16,19). The second-order valence-corrected chi connectivity index (χ2v) is 4.75. The highest BCUT2D eigenvalue weighted by Gasteiger charge is 2.12. The number of amides is 1. The van der Waals surface area contributed by atoms with Gasteiger partial charge >= 0.3 is 0 Å². The Kier molecular flexibility index (Phi) is 5.23. The van der Waals surface area contributed by atoms with E-state index in [9.17, 15) is 4.79 Å². The fraction of sp³-hybridized carbons (Fsp3) is 0.615. The minimum Gasteiger partial charge on any atom is -0.349 e. The zero-order chi connectivity index (χ0) is 13.5. The first-order valence-corrected chi connectivity index (χ1v) is 6.72. The SMILES string of the molecule is Cc1nccc(CNC(=O)CN2CCCNCC2)n1. The molecule has 6 nitrogen and oxygen atoms in total. The van der Waals surface area contributed by atoms with E-state index >= 15 is 0 Å². The molecule has 1 aliphatic rings. The molecule has 0 spiro atoms. The molecule has 1 saturated heterocycles. The molecule has 0 bridgehead atoms. The van der Waals surface area contributed by atoms with Gasteiger partial charge in [0.25, 0.3) is 0 Å². The smallest absolute Gasteiger partial charge is 0.234 e. The van der Waals surface area contributed by atoms with Crippen LogP contribution in [-0.2, 0) is 11.3 Å². The average molecular weight is 263 g/mol. The lowest BCUT2D eigenvalue weighted by Gasteiger charge is -2.18. The summed E-state index contributed by atoms with van der Waals surface area (Å²) in [5.41, 5.74) is 0.846. The number of aryl methyl sites for hydroxylation is 1. The predicted octanol–water partition coefficient (Wildman–Crippen LogP) is -0.303. The number of rotatable bonds is 4. The van der Waals surface area contributed by atoms with Crippen LogP contribution < -0.4 is 10.6 Å². The lowest BCUT2D eigenvalue weighted by molar-refractivity contribution is -0.122. The van der Waals surface area contributed by atoms with Gasteiger partial charge in [0.1, 0.15) is 5.82 Å². The number of carbonyl (C=O) groups is 1. The summed E-state index contributed by atoms with van der Waals surface area (Å²) in [4.78, 5) is 22.3. The Morgan fingerprint density at radius 2 is 2.37 bits per heavy atom. The molecule has 1 amide bonds. The van der Waals surface area contributed by atoms with Crippen molar-refractivity contribution in [3.8, 4) is 0 Å². The van der Waals surface area contributed by atoms with Crippen molar-refractivity contribution in [2.45, 2.75) is 19.9 Å². The monoisotopic (exact) mass is 263 g/mol. The molecule has 1 aliphatic heterocycles. The van der Waals surface area contributed by atoms with E-state index in [2.05, 4.69) is 25.5 Å². The fourth-order valence-corrected chi connectivity index (χ4v) is 2.11. The largest absolute Gasteiger partial charge is 0.349 e. The van der Waals surface area contributed by atoms with Gasteiger partial charge in [0.2, 0.25) is 5.91 Å². The summed E-state index contributed by atoms with van der Waals surface area (Å²) in [5, 5.41) is 6.23. The quantitative estimate of drug-likeness (QED) is 0.780. The van der Waals surface area contributed by atoms with Crippen molar-refractivity contribution in [2.24, 2.45) is 0 Å². The van der Waals surface area contributed by atoms with Gasteiger partial charge in [-0.1, -0.05) is 0 Å². The summed E-state index contributed by atoms with van der Waals surface area (Å²) in [6.45, 7) is 6.68. The number of aromatic nitrogens is 2. The maximum absolute atomic E-state index is 11.9. The van der Waals surface area contributed by atoms with Crippen LogP contribution >= 0.6 is 0 Å². The number of nitrogens with one attached hydrogen (secondary N) is 2. The molecular weight excluding hydrogens is 242 g/mol. The van der Waals surface area contributed by atoms with E-state index in [1.54, 1.807) is 6.20 Å². The van der Waals surface area contributed by atoms with Crippen LogP contribution in [0.5, 0.6) is 0 Å². The molecule has 2 N–H and O–H groups in total. The minimum absolute atomic E-state index is 0.0539. The topological polar surface area (TPSA) is 70.2 Å². The van der Waals surface area contributed by atoms with Crippen LogP contribution in [0.3, 0.4) is 0 Å². The summed E-state index contributed by atoms with van der Waals surface area (Å²) < 4.78 is 0. The molecule has 1 aromatic rings. The lowest BCUT2D eigenvalue weighted by Crippen LogP contribution is -2.38. The van der Waals surface area contributed by atoms with Gasteiger partial charge < -0.3 is 10.6 Å². The van der Waals surface area contributed by atoms with Crippen LogP contribution in [0.15, 0.2) is 12.3 Å². The molecule has 6 heteroatoms. The molecule has 0 saturated carbocycles. The van der Waals surface area contributed by atoms with Gasteiger partial charge in [0, 0.05) is 19.3 Å².